The number of hydrogen-bond acceptors (Lipinski definition) is 3. The van der Waals surface area contributed by atoms with E-state index >= 15 is 0 Å². The number of pyridine rings is 1. The number of carbonyl (C=O) groups is 1. The lowest BCUT2D eigenvalue weighted by atomic mass is 10.0. The first-order valence-electron chi connectivity index (χ1n) is 8.64. The predicted molar refractivity (Wildman–Crippen MR) is 95.9 cm³/mol. The van der Waals surface area contributed by atoms with Crippen LogP contribution >= 0.6 is 0 Å². The van der Waals surface area contributed by atoms with Crippen molar-refractivity contribution >= 4 is 5.91 Å². The van der Waals surface area contributed by atoms with Crippen LogP contribution < -0.4 is 0 Å². The summed E-state index contributed by atoms with van der Waals surface area (Å²) in [6, 6.07) is 13.7. The van der Waals surface area contributed by atoms with E-state index in [-0.39, 0.29) is 11.9 Å². The third-order valence-corrected chi connectivity index (χ3v) is 4.69. The van der Waals surface area contributed by atoms with Crippen LogP contribution in [0.5, 0.6) is 0 Å². The molecule has 5 heteroatoms. The van der Waals surface area contributed by atoms with E-state index in [4.69, 9.17) is 0 Å². The number of hydrogen-bond donors (Lipinski definition) is 1. The lowest BCUT2D eigenvalue weighted by molar-refractivity contribution is 0.0601. The second-order valence-corrected chi connectivity index (χ2v) is 6.29. The van der Waals surface area contributed by atoms with Crippen molar-refractivity contribution in [3.63, 3.8) is 0 Å². The molecule has 2 aromatic heterocycles. The summed E-state index contributed by atoms with van der Waals surface area (Å²) in [4.78, 5) is 26.9. The monoisotopic (exact) mass is 332 g/mol. The average molecular weight is 332 g/mol. The van der Waals surface area contributed by atoms with Crippen molar-refractivity contribution in [2.24, 2.45) is 0 Å². The van der Waals surface area contributed by atoms with Crippen LogP contribution in [0.4, 0.5) is 0 Å². The van der Waals surface area contributed by atoms with Crippen LogP contribution in [0, 0.1) is 0 Å². The molecule has 5 nitrogen and oxygen atoms in total. The Morgan fingerprint density at radius 1 is 1.08 bits per heavy atom. The van der Waals surface area contributed by atoms with Crippen molar-refractivity contribution < 1.29 is 4.79 Å². The van der Waals surface area contributed by atoms with E-state index in [0.29, 0.717) is 5.56 Å². The summed E-state index contributed by atoms with van der Waals surface area (Å²) in [5.74, 6) is 0.908. The molecule has 0 aliphatic carbocycles. The van der Waals surface area contributed by atoms with Gasteiger partial charge in [-0.25, -0.2) is 4.98 Å². The smallest absolute Gasteiger partial charge is 0.254 e. The summed E-state index contributed by atoms with van der Waals surface area (Å²) in [5, 5.41) is 0. The molecule has 1 fully saturated rings. The molecule has 0 radical (unpaired) electrons. The van der Waals surface area contributed by atoms with Gasteiger partial charge in [0.05, 0.1) is 17.9 Å². The number of nitrogens with zero attached hydrogens (tertiary/aromatic N) is 3. The molecule has 126 valence electrons. The zero-order chi connectivity index (χ0) is 17.1. The van der Waals surface area contributed by atoms with Crippen molar-refractivity contribution in [2.75, 3.05) is 6.54 Å². The molecule has 0 saturated carbocycles. The number of likely N-dealkylation sites (tertiary alicyclic amines) is 1. The molecule has 1 amide bonds. The highest BCUT2D eigenvalue weighted by atomic mass is 16.2. The second kappa shape index (κ2) is 6.89. The number of carbonyl (C=O) groups excluding carboxylic acids is 1. The van der Waals surface area contributed by atoms with Gasteiger partial charge >= 0.3 is 0 Å². The van der Waals surface area contributed by atoms with E-state index in [0.717, 1.165) is 42.9 Å². The molecule has 1 aliphatic heterocycles. The quantitative estimate of drug-likeness (QED) is 0.792. The summed E-state index contributed by atoms with van der Waals surface area (Å²) < 4.78 is 0. The van der Waals surface area contributed by atoms with Gasteiger partial charge < -0.3 is 9.88 Å². The van der Waals surface area contributed by atoms with Gasteiger partial charge in [-0.3, -0.25) is 9.78 Å². The summed E-state index contributed by atoms with van der Waals surface area (Å²) in [6.07, 6.45) is 8.23. The molecule has 3 aromatic rings. The van der Waals surface area contributed by atoms with Crippen molar-refractivity contribution in [2.45, 2.75) is 25.3 Å². The predicted octanol–water partition coefficient (Wildman–Crippen LogP) is 3.84. The van der Waals surface area contributed by atoms with Crippen molar-refractivity contribution in [1.29, 1.82) is 0 Å². The molecule has 25 heavy (non-hydrogen) atoms. The molecular formula is C20H20N4O. The summed E-state index contributed by atoms with van der Waals surface area (Å²) >= 11 is 0. The van der Waals surface area contributed by atoms with E-state index in [9.17, 15) is 4.79 Å². The van der Waals surface area contributed by atoms with Crippen LogP contribution in [-0.2, 0) is 0 Å². The second-order valence-electron chi connectivity index (χ2n) is 6.29. The van der Waals surface area contributed by atoms with Crippen molar-refractivity contribution in [3.05, 3.63) is 72.4 Å². The summed E-state index contributed by atoms with van der Waals surface area (Å²) in [5.41, 5.74) is 2.76. The minimum absolute atomic E-state index is 0.00752. The number of aromatic amines is 1. The summed E-state index contributed by atoms with van der Waals surface area (Å²) in [7, 11) is 0. The maximum Gasteiger partial charge on any atom is 0.254 e. The van der Waals surface area contributed by atoms with Gasteiger partial charge in [-0.1, -0.05) is 30.3 Å². The lowest BCUT2D eigenvalue weighted by Gasteiger charge is -2.34. The number of rotatable bonds is 3. The van der Waals surface area contributed by atoms with E-state index in [1.807, 2.05) is 29.3 Å². The third-order valence-electron chi connectivity index (χ3n) is 4.69. The van der Waals surface area contributed by atoms with Gasteiger partial charge in [0.15, 0.2) is 0 Å². The number of amides is 1. The number of imidazole rings is 1. The number of H-pyrrole nitrogens is 1. The maximum absolute atomic E-state index is 12.9. The zero-order valence-electron chi connectivity index (χ0n) is 13.9. The molecule has 3 heterocycles. The average Bonchev–Trinajstić information content (AvgIpc) is 3.19. The lowest BCUT2D eigenvalue weighted by Crippen LogP contribution is -2.39. The first kappa shape index (κ1) is 15.6. The molecule has 0 bridgehead atoms. The molecule has 1 saturated heterocycles. The number of piperidine rings is 1. The molecule has 1 aliphatic rings. The van der Waals surface area contributed by atoms with Crippen LogP contribution in [0.15, 0.2) is 61.1 Å². The van der Waals surface area contributed by atoms with E-state index in [1.165, 1.54) is 0 Å². The van der Waals surface area contributed by atoms with Gasteiger partial charge in [-0.15, -0.1) is 0 Å². The first-order chi connectivity index (χ1) is 12.3. The maximum atomic E-state index is 12.9. The fourth-order valence-corrected chi connectivity index (χ4v) is 3.39. The number of aromatic nitrogens is 3. The van der Waals surface area contributed by atoms with Gasteiger partial charge in [0.25, 0.3) is 5.91 Å². The van der Waals surface area contributed by atoms with E-state index in [2.05, 4.69) is 27.1 Å². The highest BCUT2D eigenvalue weighted by Gasteiger charge is 2.30. The van der Waals surface area contributed by atoms with E-state index < -0.39 is 0 Å². The minimum atomic E-state index is -0.00752. The topological polar surface area (TPSA) is 61.9 Å². The Hall–Kier alpha value is -2.95. The first-order valence-corrected chi connectivity index (χ1v) is 8.64. The molecular weight excluding hydrogens is 312 g/mol. The zero-order valence-corrected chi connectivity index (χ0v) is 13.9. The van der Waals surface area contributed by atoms with Crippen molar-refractivity contribution in [1.82, 2.24) is 19.9 Å². The summed E-state index contributed by atoms with van der Waals surface area (Å²) in [6.45, 7) is 0.757. The Bertz CT molecular complexity index is 844. The standard InChI is InChI=1S/C20H20N4O/c25-20(16-9-11-21-12-10-16)24-13-5-4-8-18(24)19-22-14-17(23-19)15-6-2-1-3-7-15/h1-3,6-7,9-12,14,18H,4-5,8,13H2,(H,22,23). The van der Waals surface area contributed by atoms with Gasteiger partial charge in [0, 0.05) is 24.5 Å². The highest BCUT2D eigenvalue weighted by Crippen LogP contribution is 2.31. The Labute approximate surface area is 146 Å². The Morgan fingerprint density at radius 2 is 1.88 bits per heavy atom. The molecule has 1 unspecified atom stereocenters. The third kappa shape index (κ3) is 3.18. The fraction of sp³-hybridized carbons (Fsp3) is 0.250. The number of nitrogens with one attached hydrogen (secondary N) is 1. The largest absolute Gasteiger partial charge is 0.340 e. The van der Waals surface area contributed by atoms with Gasteiger partial charge in [-0.2, -0.15) is 0 Å². The Morgan fingerprint density at radius 3 is 2.68 bits per heavy atom. The Kier molecular flexibility index (Phi) is 4.29. The van der Waals surface area contributed by atoms with Crippen LogP contribution in [0.2, 0.25) is 0 Å². The van der Waals surface area contributed by atoms with Gasteiger partial charge in [0.1, 0.15) is 5.82 Å². The molecule has 1 atom stereocenters. The minimum Gasteiger partial charge on any atom is -0.340 e. The SMILES string of the molecule is O=C(c1ccncc1)N1CCCCC1c1ncc(-c2ccccc2)[nH]1. The Balaban J connectivity index is 1.62. The molecule has 1 aromatic carbocycles. The molecule has 0 spiro atoms. The molecule has 1 N–H and O–H groups in total. The molecule has 4 rings (SSSR count). The van der Waals surface area contributed by atoms with E-state index in [1.54, 1.807) is 24.5 Å². The van der Waals surface area contributed by atoms with Crippen molar-refractivity contribution in [3.8, 4) is 11.3 Å². The highest BCUT2D eigenvalue weighted by molar-refractivity contribution is 5.94. The van der Waals surface area contributed by atoms with Crippen LogP contribution in [0.3, 0.4) is 0 Å². The van der Waals surface area contributed by atoms with Gasteiger partial charge in [-0.05, 0) is 37.0 Å². The van der Waals surface area contributed by atoms with Crippen LogP contribution in [-0.4, -0.2) is 32.3 Å². The normalized spacial score (nSPS) is 17.4. The fourth-order valence-electron chi connectivity index (χ4n) is 3.39. The van der Waals surface area contributed by atoms with Crippen LogP contribution in [0.1, 0.15) is 41.5 Å². The van der Waals surface area contributed by atoms with Gasteiger partial charge in [0.2, 0.25) is 0 Å². The van der Waals surface area contributed by atoms with Crippen LogP contribution in [0.25, 0.3) is 11.3 Å². The number of benzene rings is 1.